The Morgan fingerprint density at radius 2 is 1.87 bits per heavy atom. The Hall–Kier alpha value is -5.04. The highest BCUT2D eigenvalue weighted by Crippen LogP contribution is 2.48. The van der Waals surface area contributed by atoms with Crippen molar-refractivity contribution >= 4 is 17.6 Å². The van der Waals surface area contributed by atoms with E-state index >= 15 is 0 Å². The highest BCUT2D eigenvalue weighted by atomic mass is 16.5. The van der Waals surface area contributed by atoms with Gasteiger partial charge >= 0.3 is 5.97 Å². The van der Waals surface area contributed by atoms with Crippen molar-refractivity contribution in [1.29, 1.82) is 5.26 Å². The lowest BCUT2D eigenvalue weighted by Gasteiger charge is -2.32. The summed E-state index contributed by atoms with van der Waals surface area (Å²) < 4.78 is 11.3. The number of carboxylic acid groups (broad SMARTS) is 1. The minimum Gasteiger partial charge on any atom is -0.508 e. The number of nitrogens with two attached hydrogens (primary N) is 1. The lowest BCUT2D eigenvalue weighted by atomic mass is 9.79. The van der Waals surface area contributed by atoms with Gasteiger partial charge in [0.05, 0.1) is 48.1 Å². The number of pyridine rings is 1. The van der Waals surface area contributed by atoms with Gasteiger partial charge in [0, 0.05) is 23.0 Å². The Morgan fingerprint density at radius 1 is 1.18 bits per heavy atom. The van der Waals surface area contributed by atoms with Crippen LogP contribution in [0.25, 0.3) is 0 Å². The van der Waals surface area contributed by atoms with Gasteiger partial charge in [-0.25, -0.2) is 9.78 Å². The van der Waals surface area contributed by atoms with E-state index in [0.29, 0.717) is 40.6 Å². The number of amides is 1. The monoisotopic (exact) mass is 516 g/mol. The van der Waals surface area contributed by atoms with E-state index in [1.54, 1.807) is 24.4 Å². The van der Waals surface area contributed by atoms with Crippen molar-refractivity contribution in [2.45, 2.75) is 26.7 Å². The average Bonchev–Trinajstić information content (AvgIpc) is 2.90. The molecule has 196 valence electrons. The smallest absolute Gasteiger partial charge is 0.335 e. The number of aromatic nitrogens is 1. The number of hydrogen-bond donors (Lipinski definition) is 4. The number of ether oxygens (including phenoxy) is 2. The fraction of sp³-hybridized carbons (Fsp3) is 0.214. The van der Waals surface area contributed by atoms with Crippen molar-refractivity contribution in [2.24, 2.45) is 5.73 Å². The molecule has 10 nitrogen and oxygen atoms in total. The SMILES string of the molecule is CCOc1ncc(C)c2c1[C@H](c1ccc(C#N)cc1OC)C(C(N)=O)=C(C)N2.O=C(O)c1ccc(O)cc1. The maximum absolute atomic E-state index is 12.4. The molecule has 0 saturated carbocycles. The van der Waals surface area contributed by atoms with Gasteiger partial charge in [0.1, 0.15) is 11.5 Å². The second-order valence-corrected chi connectivity index (χ2v) is 8.35. The number of phenolic OH excluding ortho intramolecular Hbond substituents is 1. The highest BCUT2D eigenvalue weighted by Gasteiger charge is 2.36. The van der Waals surface area contributed by atoms with Gasteiger partial charge in [-0.1, -0.05) is 6.07 Å². The lowest BCUT2D eigenvalue weighted by Crippen LogP contribution is -2.28. The zero-order valence-corrected chi connectivity index (χ0v) is 21.4. The number of hydrogen-bond acceptors (Lipinski definition) is 8. The number of nitrogens with one attached hydrogen (secondary N) is 1. The third-order valence-corrected chi connectivity index (χ3v) is 5.90. The number of anilines is 1. The number of primary amides is 1. The van der Waals surface area contributed by atoms with Crippen LogP contribution in [0.1, 0.15) is 52.4 Å². The summed E-state index contributed by atoms with van der Waals surface area (Å²) in [5.41, 5.74) is 10.7. The van der Waals surface area contributed by atoms with Gasteiger partial charge in [-0.3, -0.25) is 4.79 Å². The molecule has 2 aromatic carbocycles. The number of allylic oxidation sites excluding steroid dienone is 1. The minimum atomic E-state index is -0.986. The molecule has 1 amide bonds. The number of phenols is 1. The molecule has 5 N–H and O–H groups in total. The van der Waals surface area contributed by atoms with E-state index in [1.165, 1.54) is 31.4 Å². The van der Waals surface area contributed by atoms with Crippen LogP contribution in [0.15, 0.2) is 59.9 Å². The van der Waals surface area contributed by atoms with E-state index < -0.39 is 17.8 Å². The fourth-order valence-corrected chi connectivity index (χ4v) is 4.17. The van der Waals surface area contributed by atoms with Crippen LogP contribution < -0.4 is 20.5 Å². The van der Waals surface area contributed by atoms with E-state index in [2.05, 4.69) is 16.4 Å². The van der Waals surface area contributed by atoms with Gasteiger partial charge in [0.15, 0.2) is 0 Å². The molecule has 10 heteroatoms. The van der Waals surface area contributed by atoms with E-state index in [0.717, 1.165) is 16.8 Å². The number of benzene rings is 2. The summed E-state index contributed by atoms with van der Waals surface area (Å²) in [4.78, 5) is 27.1. The number of aromatic hydroxyl groups is 1. The molecule has 2 heterocycles. The zero-order valence-electron chi connectivity index (χ0n) is 21.4. The van der Waals surface area contributed by atoms with Crippen molar-refractivity contribution in [1.82, 2.24) is 4.98 Å². The Kier molecular flexibility index (Phi) is 8.55. The van der Waals surface area contributed by atoms with E-state index in [-0.39, 0.29) is 11.3 Å². The van der Waals surface area contributed by atoms with Crippen LogP contribution in [0.5, 0.6) is 17.4 Å². The molecule has 0 spiro atoms. The maximum Gasteiger partial charge on any atom is 0.335 e. The van der Waals surface area contributed by atoms with Crippen LogP contribution in [-0.4, -0.2) is 40.8 Å². The molecule has 1 aromatic heterocycles. The summed E-state index contributed by atoms with van der Waals surface area (Å²) in [6, 6.07) is 12.6. The number of carbonyl (C=O) groups is 2. The maximum atomic E-state index is 12.4. The van der Waals surface area contributed by atoms with Crippen LogP contribution >= 0.6 is 0 Å². The van der Waals surface area contributed by atoms with E-state index in [1.807, 2.05) is 20.8 Å². The normalized spacial score (nSPS) is 13.7. The summed E-state index contributed by atoms with van der Waals surface area (Å²) in [5.74, 6) is -1.07. The zero-order chi connectivity index (χ0) is 28.0. The molecule has 0 fully saturated rings. The largest absolute Gasteiger partial charge is 0.508 e. The minimum absolute atomic E-state index is 0.0741. The molecule has 3 aromatic rings. The van der Waals surface area contributed by atoms with E-state index in [4.69, 9.17) is 25.4 Å². The van der Waals surface area contributed by atoms with Crippen LogP contribution in [0, 0.1) is 18.3 Å². The third-order valence-electron chi connectivity index (χ3n) is 5.90. The highest BCUT2D eigenvalue weighted by molar-refractivity contribution is 5.98. The van der Waals surface area contributed by atoms with Gasteiger partial charge in [0.2, 0.25) is 11.8 Å². The lowest BCUT2D eigenvalue weighted by molar-refractivity contribution is -0.114. The second-order valence-electron chi connectivity index (χ2n) is 8.35. The first kappa shape index (κ1) is 27.5. The van der Waals surface area contributed by atoms with E-state index in [9.17, 15) is 14.9 Å². The topological polar surface area (TPSA) is 168 Å². The van der Waals surface area contributed by atoms with Crippen molar-refractivity contribution in [3.05, 3.63) is 87.7 Å². The number of rotatable bonds is 6. The number of carboxylic acids is 1. The number of fused-ring (bicyclic) bond motifs is 1. The first-order valence-corrected chi connectivity index (χ1v) is 11.6. The first-order chi connectivity index (χ1) is 18.1. The van der Waals surface area contributed by atoms with Crippen LogP contribution in [0.3, 0.4) is 0 Å². The van der Waals surface area contributed by atoms with Crippen LogP contribution in [-0.2, 0) is 4.79 Å². The number of aryl methyl sites for hydroxylation is 1. The van der Waals surface area contributed by atoms with Crippen LogP contribution in [0.2, 0.25) is 0 Å². The molecule has 0 unspecified atom stereocenters. The summed E-state index contributed by atoms with van der Waals surface area (Å²) in [5, 5.41) is 29.6. The summed E-state index contributed by atoms with van der Waals surface area (Å²) in [7, 11) is 1.53. The van der Waals surface area contributed by atoms with Crippen molar-refractivity contribution in [3.8, 4) is 23.4 Å². The van der Waals surface area contributed by atoms with Crippen LogP contribution in [0.4, 0.5) is 5.69 Å². The fourth-order valence-electron chi connectivity index (χ4n) is 4.17. The quantitative estimate of drug-likeness (QED) is 0.377. The second kappa shape index (κ2) is 11.8. The standard InChI is InChI=1S/C21H22N4O3.C7H6O3/c1-5-28-21-18-17(14-7-6-13(9-22)8-15(14)27-4)16(20(23)26)12(3)25-19(18)11(2)10-24-21;8-6-3-1-5(2-4-6)7(9)10/h6-8,10,17,25H,5H2,1-4H3,(H2,23,26);1-4,8H,(H,9,10)/t17-;/m1./s1. The molecule has 0 saturated heterocycles. The number of nitrogens with zero attached hydrogens (tertiary/aromatic N) is 2. The first-order valence-electron chi connectivity index (χ1n) is 11.6. The molecule has 1 aliphatic rings. The molecule has 38 heavy (non-hydrogen) atoms. The Labute approximate surface area is 220 Å². The van der Waals surface area contributed by atoms with Gasteiger partial charge in [-0.15, -0.1) is 0 Å². The molecule has 1 atom stereocenters. The number of aromatic carboxylic acids is 1. The van der Waals surface area contributed by atoms with Crippen molar-refractivity contribution in [2.75, 3.05) is 19.0 Å². The average molecular weight is 517 g/mol. The number of methoxy groups -OCH3 is 1. The Morgan fingerprint density at radius 3 is 2.42 bits per heavy atom. The molecule has 0 aliphatic carbocycles. The number of carbonyl (C=O) groups excluding carboxylic acids is 1. The van der Waals surface area contributed by atoms with Crippen molar-refractivity contribution in [3.63, 3.8) is 0 Å². The predicted molar refractivity (Wildman–Crippen MR) is 140 cm³/mol. The van der Waals surface area contributed by atoms with Gasteiger partial charge in [0.25, 0.3) is 0 Å². The summed E-state index contributed by atoms with van der Waals surface area (Å²) in [6.07, 6.45) is 1.73. The summed E-state index contributed by atoms with van der Waals surface area (Å²) in [6.45, 7) is 6.04. The predicted octanol–water partition coefficient (Wildman–Crippen LogP) is 4.08. The molecule has 1 aliphatic heterocycles. The number of nitriles is 1. The molecular formula is C28H28N4O6. The van der Waals surface area contributed by atoms with Gasteiger partial charge in [-0.05, 0) is 62.7 Å². The summed E-state index contributed by atoms with van der Waals surface area (Å²) >= 11 is 0. The molecule has 4 rings (SSSR count). The molecule has 0 bridgehead atoms. The Bertz CT molecular complexity index is 1440. The third kappa shape index (κ3) is 5.68. The molecular weight excluding hydrogens is 488 g/mol. The Balaban J connectivity index is 0.000000336. The van der Waals surface area contributed by atoms with Crippen molar-refractivity contribution < 1.29 is 29.3 Å². The molecule has 0 radical (unpaired) electrons. The van der Waals surface area contributed by atoms with Gasteiger partial charge in [-0.2, -0.15) is 5.26 Å². The van der Waals surface area contributed by atoms with Gasteiger partial charge < -0.3 is 30.7 Å².